The molecule has 0 saturated carbocycles. The van der Waals surface area contributed by atoms with Gasteiger partial charge in [0.05, 0.1) is 0 Å². The first-order valence-corrected chi connectivity index (χ1v) is 7.01. The summed E-state index contributed by atoms with van der Waals surface area (Å²) in [5.41, 5.74) is 0.995. The van der Waals surface area contributed by atoms with Crippen molar-refractivity contribution in [1.29, 1.82) is 0 Å². The first kappa shape index (κ1) is 19.6. The average molecular weight is 383 g/mol. The van der Waals surface area contributed by atoms with E-state index in [9.17, 15) is 17.6 Å². The number of nitrogens with one attached hydrogen (secondary N) is 1. The molecule has 2 aromatic carbocycles. The molecule has 1 heterocycles. The van der Waals surface area contributed by atoms with Gasteiger partial charge in [0.1, 0.15) is 11.9 Å². The lowest BCUT2D eigenvalue weighted by Crippen LogP contribution is -2.17. The number of hydrogen-bond donors (Lipinski definition) is 1. The zero-order chi connectivity index (χ0) is 19.9. The number of carbonyl (C=O) groups excluding carboxylic acids is 2. The topological polar surface area (TPSA) is 94.2 Å². The van der Waals surface area contributed by atoms with E-state index in [0.29, 0.717) is 16.9 Å². The van der Waals surface area contributed by atoms with Gasteiger partial charge in [-0.3, -0.25) is 0 Å². The Bertz CT molecular complexity index is 906. The minimum atomic E-state index is -4.94. The Morgan fingerprint density at radius 3 is 2.15 bits per heavy atom. The molecule has 0 aliphatic carbocycles. The van der Waals surface area contributed by atoms with Crippen molar-refractivity contribution in [3.05, 3.63) is 54.5 Å². The minimum Gasteiger partial charge on any atom is -0.436 e. The van der Waals surface area contributed by atoms with Crippen LogP contribution in [0.5, 0.6) is 17.4 Å². The maximum atomic E-state index is 13.7. The molecule has 0 atom stereocenters. The van der Waals surface area contributed by atoms with Crippen LogP contribution in [-0.4, -0.2) is 27.9 Å². The highest BCUT2D eigenvalue weighted by Gasteiger charge is 2.32. The molecule has 0 spiro atoms. The van der Waals surface area contributed by atoms with E-state index in [1.54, 1.807) is 24.3 Å². The number of rotatable bonds is 4. The Morgan fingerprint density at radius 1 is 1.00 bits per heavy atom. The van der Waals surface area contributed by atoms with Crippen LogP contribution >= 0.6 is 0 Å². The fraction of sp³-hybridized carbons (Fsp3) is 0.0625. The minimum absolute atomic E-state index is 0.250. The molecular weight excluding hydrogens is 374 g/mol. The lowest BCUT2D eigenvalue weighted by atomic mass is 10.1. The predicted molar refractivity (Wildman–Crippen MR) is 80.0 cm³/mol. The molecule has 0 aliphatic heterocycles. The number of aromatic amines is 1. The molecule has 1 aromatic heterocycles. The van der Waals surface area contributed by atoms with Crippen molar-refractivity contribution < 1.29 is 36.6 Å². The summed E-state index contributed by atoms with van der Waals surface area (Å²) >= 11 is 0. The number of H-pyrrole nitrogens is 1. The molecule has 11 heteroatoms. The zero-order valence-corrected chi connectivity index (χ0v) is 13.2. The van der Waals surface area contributed by atoms with E-state index < -0.39 is 17.9 Å². The Balaban J connectivity index is 0.000000817. The maximum absolute atomic E-state index is 13.7. The van der Waals surface area contributed by atoms with Crippen LogP contribution in [0, 0.1) is 5.82 Å². The van der Waals surface area contributed by atoms with Crippen molar-refractivity contribution in [3.63, 3.8) is 0 Å². The van der Waals surface area contributed by atoms with Gasteiger partial charge in [-0.25, -0.2) is 4.39 Å². The summed E-state index contributed by atoms with van der Waals surface area (Å²) in [6, 6.07) is 9.72. The highest BCUT2D eigenvalue weighted by Crippen LogP contribution is 2.30. The summed E-state index contributed by atoms with van der Waals surface area (Å²) in [7, 11) is 0. The van der Waals surface area contributed by atoms with Gasteiger partial charge in [0, 0.05) is 0 Å². The smallest absolute Gasteiger partial charge is 0.436 e. The molecule has 0 radical (unpaired) electrons. The molecule has 27 heavy (non-hydrogen) atoms. The summed E-state index contributed by atoms with van der Waals surface area (Å²) < 4.78 is 59.1. The van der Waals surface area contributed by atoms with E-state index in [4.69, 9.17) is 14.3 Å². The summed E-state index contributed by atoms with van der Waals surface area (Å²) in [5, 5.41) is 9.72. The van der Waals surface area contributed by atoms with Crippen LogP contribution in [0.1, 0.15) is 0 Å². The number of ether oxygens (including phenoxy) is 2. The molecule has 3 rings (SSSR count). The van der Waals surface area contributed by atoms with E-state index in [0.717, 1.165) is 12.1 Å². The van der Waals surface area contributed by atoms with Gasteiger partial charge < -0.3 is 9.47 Å². The molecule has 140 valence electrons. The molecule has 7 nitrogen and oxygen atoms in total. The largest absolute Gasteiger partial charge is 0.573 e. The van der Waals surface area contributed by atoms with Crippen molar-refractivity contribution in [2.24, 2.45) is 0 Å². The Morgan fingerprint density at radius 2 is 1.63 bits per heavy atom. The molecule has 0 fully saturated rings. The third kappa shape index (κ3) is 5.94. The second-order valence-electron chi connectivity index (χ2n) is 4.71. The van der Waals surface area contributed by atoms with Crippen LogP contribution in [0.4, 0.5) is 17.6 Å². The molecule has 1 N–H and O–H groups in total. The first-order chi connectivity index (χ1) is 12.8. The Labute approximate surface area is 148 Å². The quantitative estimate of drug-likeness (QED) is 0.690. The van der Waals surface area contributed by atoms with Gasteiger partial charge in [-0.05, 0) is 35.4 Å². The standard InChI is InChI=1S/C15H9F4N3O2.CO2/c16-12-7-10(3-6-13(12)24-15(17,18)19)9-1-4-11(5-2-9)23-14-8-20-22-21-14;2-1-3/h1-8H,(H,20,21,22);. The summed E-state index contributed by atoms with van der Waals surface area (Å²) in [6.45, 7) is 0. The van der Waals surface area contributed by atoms with E-state index in [1.165, 1.54) is 12.3 Å². The van der Waals surface area contributed by atoms with Gasteiger partial charge in [0.2, 0.25) is 0 Å². The number of hydrogen-bond acceptors (Lipinski definition) is 6. The van der Waals surface area contributed by atoms with E-state index >= 15 is 0 Å². The van der Waals surface area contributed by atoms with Crippen LogP contribution in [-0.2, 0) is 9.59 Å². The molecule has 0 saturated heterocycles. The fourth-order valence-electron chi connectivity index (χ4n) is 1.96. The van der Waals surface area contributed by atoms with Crippen LogP contribution in [0.15, 0.2) is 48.7 Å². The Hall–Kier alpha value is -3.72. The van der Waals surface area contributed by atoms with Gasteiger partial charge in [0.25, 0.3) is 5.88 Å². The van der Waals surface area contributed by atoms with Crippen LogP contribution in [0.2, 0.25) is 0 Å². The van der Waals surface area contributed by atoms with E-state index in [-0.39, 0.29) is 12.0 Å². The normalized spacial score (nSPS) is 10.4. The number of aromatic nitrogens is 3. The second-order valence-corrected chi connectivity index (χ2v) is 4.71. The fourth-order valence-corrected chi connectivity index (χ4v) is 1.96. The molecular formula is C16H9F4N3O4. The van der Waals surface area contributed by atoms with Crippen molar-refractivity contribution in [3.8, 4) is 28.5 Å². The SMILES string of the molecule is Fc1cc(-c2ccc(Oc3cn[nH]n3)cc2)ccc1OC(F)(F)F.O=C=O. The number of alkyl halides is 3. The van der Waals surface area contributed by atoms with Crippen molar-refractivity contribution in [2.45, 2.75) is 6.36 Å². The van der Waals surface area contributed by atoms with E-state index in [1.807, 2.05) is 0 Å². The third-order valence-corrected chi connectivity index (χ3v) is 2.96. The molecule has 0 aliphatic rings. The van der Waals surface area contributed by atoms with Crippen LogP contribution < -0.4 is 9.47 Å². The number of benzene rings is 2. The molecule has 0 amide bonds. The van der Waals surface area contributed by atoms with Crippen molar-refractivity contribution in [1.82, 2.24) is 15.4 Å². The van der Waals surface area contributed by atoms with Gasteiger partial charge in [-0.2, -0.15) is 19.9 Å². The van der Waals surface area contributed by atoms with E-state index in [2.05, 4.69) is 20.1 Å². The first-order valence-electron chi connectivity index (χ1n) is 7.01. The predicted octanol–water partition coefficient (Wildman–Crippen LogP) is 3.72. The summed E-state index contributed by atoms with van der Waals surface area (Å²) in [6.07, 6.45) is -3.30. The average Bonchev–Trinajstić information content (AvgIpc) is 3.10. The highest BCUT2D eigenvalue weighted by molar-refractivity contribution is 5.65. The molecule has 0 unspecified atom stereocenters. The number of nitrogens with zero attached hydrogens (tertiary/aromatic N) is 2. The third-order valence-electron chi connectivity index (χ3n) is 2.96. The molecule has 0 bridgehead atoms. The number of halogens is 4. The monoisotopic (exact) mass is 383 g/mol. The summed E-state index contributed by atoms with van der Waals surface area (Å²) in [4.78, 5) is 16.2. The van der Waals surface area contributed by atoms with Gasteiger partial charge in [-0.1, -0.05) is 18.2 Å². The summed E-state index contributed by atoms with van der Waals surface area (Å²) in [5.74, 6) is -1.22. The van der Waals surface area contributed by atoms with Gasteiger partial charge in [0.15, 0.2) is 11.6 Å². The highest BCUT2D eigenvalue weighted by atomic mass is 19.4. The van der Waals surface area contributed by atoms with Crippen molar-refractivity contribution >= 4 is 6.15 Å². The lowest BCUT2D eigenvalue weighted by molar-refractivity contribution is -0.275. The van der Waals surface area contributed by atoms with Gasteiger partial charge in [-0.15, -0.1) is 18.3 Å². The zero-order valence-electron chi connectivity index (χ0n) is 13.2. The molecule has 3 aromatic rings. The second kappa shape index (κ2) is 8.59. The van der Waals surface area contributed by atoms with Gasteiger partial charge >= 0.3 is 12.5 Å². The van der Waals surface area contributed by atoms with Crippen molar-refractivity contribution in [2.75, 3.05) is 0 Å². The Kier molecular flexibility index (Phi) is 6.23. The maximum Gasteiger partial charge on any atom is 0.573 e. The van der Waals surface area contributed by atoms with Crippen LogP contribution in [0.25, 0.3) is 11.1 Å². The van der Waals surface area contributed by atoms with Crippen LogP contribution in [0.3, 0.4) is 0 Å². The lowest BCUT2D eigenvalue weighted by Gasteiger charge is -2.11.